The van der Waals surface area contributed by atoms with Crippen LogP contribution in [-0.4, -0.2) is 17.8 Å². The van der Waals surface area contributed by atoms with Gasteiger partial charge in [-0.05, 0) is 71.1 Å². The SMILES string of the molecule is CC(NC(=O)OC(C)(C)C)c1cccc(OC2CCCC2)c1. The van der Waals surface area contributed by atoms with Gasteiger partial charge >= 0.3 is 6.09 Å². The molecule has 1 aromatic rings. The predicted octanol–water partition coefficient (Wildman–Crippen LogP) is 4.59. The van der Waals surface area contributed by atoms with Gasteiger partial charge in [-0.15, -0.1) is 0 Å². The number of amides is 1. The van der Waals surface area contributed by atoms with Gasteiger partial charge in [0, 0.05) is 0 Å². The number of alkyl carbamates (subject to hydrolysis) is 1. The standard InChI is InChI=1S/C18H27NO3/c1-13(19-17(20)22-18(2,3)4)14-8-7-11-16(12-14)21-15-9-5-6-10-15/h7-8,11-13,15H,5-6,9-10H2,1-4H3,(H,19,20). The molecular formula is C18H27NO3. The quantitative estimate of drug-likeness (QED) is 0.884. The van der Waals surface area contributed by atoms with E-state index >= 15 is 0 Å². The summed E-state index contributed by atoms with van der Waals surface area (Å²) in [5.74, 6) is 0.877. The molecule has 0 spiro atoms. The molecule has 2 rings (SSSR count). The van der Waals surface area contributed by atoms with Crippen LogP contribution in [0.15, 0.2) is 24.3 Å². The summed E-state index contributed by atoms with van der Waals surface area (Å²) >= 11 is 0. The van der Waals surface area contributed by atoms with Crippen LogP contribution in [0.1, 0.15) is 65.0 Å². The number of hydrogen-bond acceptors (Lipinski definition) is 3. The Balaban J connectivity index is 1.94. The summed E-state index contributed by atoms with van der Waals surface area (Å²) in [6, 6.07) is 7.81. The van der Waals surface area contributed by atoms with Gasteiger partial charge in [0.2, 0.25) is 0 Å². The van der Waals surface area contributed by atoms with Crippen molar-refractivity contribution in [1.29, 1.82) is 0 Å². The minimum atomic E-state index is -0.489. The second-order valence-corrected chi connectivity index (χ2v) is 6.96. The van der Waals surface area contributed by atoms with Gasteiger partial charge in [0.25, 0.3) is 0 Å². The molecular weight excluding hydrogens is 278 g/mol. The first-order valence-corrected chi connectivity index (χ1v) is 8.09. The van der Waals surface area contributed by atoms with E-state index in [1.54, 1.807) is 0 Å². The third-order valence-corrected chi connectivity index (χ3v) is 3.70. The Hall–Kier alpha value is -1.71. The minimum Gasteiger partial charge on any atom is -0.490 e. The van der Waals surface area contributed by atoms with Crippen molar-refractivity contribution < 1.29 is 14.3 Å². The molecule has 22 heavy (non-hydrogen) atoms. The smallest absolute Gasteiger partial charge is 0.408 e. The van der Waals surface area contributed by atoms with E-state index < -0.39 is 11.7 Å². The molecule has 1 fully saturated rings. The first-order valence-electron chi connectivity index (χ1n) is 8.09. The van der Waals surface area contributed by atoms with E-state index in [1.165, 1.54) is 12.8 Å². The fourth-order valence-electron chi connectivity index (χ4n) is 2.62. The first kappa shape index (κ1) is 16.7. The number of rotatable bonds is 4. The lowest BCUT2D eigenvalue weighted by atomic mass is 10.1. The monoisotopic (exact) mass is 305 g/mol. The second kappa shape index (κ2) is 7.03. The van der Waals surface area contributed by atoms with Crippen LogP contribution in [0.2, 0.25) is 0 Å². The molecule has 122 valence electrons. The molecule has 1 aromatic carbocycles. The maximum absolute atomic E-state index is 11.8. The largest absolute Gasteiger partial charge is 0.490 e. The highest BCUT2D eigenvalue weighted by atomic mass is 16.6. The average Bonchev–Trinajstić information content (AvgIpc) is 2.89. The number of nitrogens with one attached hydrogen (secondary N) is 1. The van der Waals surface area contributed by atoms with Gasteiger partial charge in [-0.25, -0.2) is 4.79 Å². The molecule has 1 atom stereocenters. The molecule has 1 aliphatic rings. The van der Waals surface area contributed by atoms with Crippen molar-refractivity contribution >= 4 is 6.09 Å². The summed E-state index contributed by atoms with van der Waals surface area (Å²) in [6.45, 7) is 7.51. The Morgan fingerprint density at radius 3 is 2.59 bits per heavy atom. The minimum absolute atomic E-state index is 0.123. The van der Waals surface area contributed by atoms with Crippen LogP contribution in [0.4, 0.5) is 4.79 Å². The molecule has 0 radical (unpaired) electrons. The van der Waals surface area contributed by atoms with Crippen LogP contribution in [0.25, 0.3) is 0 Å². The zero-order chi connectivity index (χ0) is 16.2. The lowest BCUT2D eigenvalue weighted by molar-refractivity contribution is 0.0507. The number of carbonyl (C=O) groups is 1. The van der Waals surface area contributed by atoms with E-state index in [2.05, 4.69) is 5.32 Å². The maximum Gasteiger partial charge on any atom is 0.408 e. The Kier molecular flexibility index (Phi) is 5.33. The lowest BCUT2D eigenvalue weighted by Crippen LogP contribution is -2.34. The van der Waals surface area contributed by atoms with Crippen molar-refractivity contribution in [3.05, 3.63) is 29.8 Å². The van der Waals surface area contributed by atoms with E-state index in [-0.39, 0.29) is 6.04 Å². The topological polar surface area (TPSA) is 47.6 Å². The Morgan fingerprint density at radius 1 is 1.27 bits per heavy atom. The maximum atomic E-state index is 11.8. The van der Waals surface area contributed by atoms with E-state index in [0.717, 1.165) is 24.2 Å². The van der Waals surface area contributed by atoms with Crippen LogP contribution < -0.4 is 10.1 Å². The Bertz CT molecular complexity index is 501. The molecule has 0 aliphatic heterocycles. The fourth-order valence-corrected chi connectivity index (χ4v) is 2.62. The average molecular weight is 305 g/mol. The highest BCUT2D eigenvalue weighted by Gasteiger charge is 2.19. The molecule has 1 saturated carbocycles. The molecule has 1 unspecified atom stereocenters. The summed E-state index contributed by atoms with van der Waals surface area (Å²) < 4.78 is 11.3. The third kappa shape index (κ3) is 5.24. The van der Waals surface area contributed by atoms with E-state index in [0.29, 0.717) is 6.10 Å². The molecule has 4 heteroatoms. The first-order chi connectivity index (χ1) is 10.3. The van der Waals surface area contributed by atoms with Crippen molar-refractivity contribution in [2.75, 3.05) is 0 Å². The van der Waals surface area contributed by atoms with Crippen molar-refractivity contribution in [2.45, 2.75) is 71.1 Å². The molecule has 0 bridgehead atoms. The summed E-state index contributed by atoms with van der Waals surface area (Å²) in [4.78, 5) is 11.8. The van der Waals surface area contributed by atoms with Crippen LogP contribution >= 0.6 is 0 Å². The summed E-state index contributed by atoms with van der Waals surface area (Å²) in [7, 11) is 0. The number of ether oxygens (including phenoxy) is 2. The van der Waals surface area contributed by atoms with Crippen molar-refractivity contribution in [1.82, 2.24) is 5.32 Å². The van der Waals surface area contributed by atoms with E-state index in [9.17, 15) is 4.79 Å². The molecule has 0 saturated heterocycles. The van der Waals surface area contributed by atoms with Gasteiger partial charge in [-0.3, -0.25) is 0 Å². The normalized spacial score (nSPS) is 17.1. The van der Waals surface area contributed by atoms with Crippen LogP contribution in [0.3, 0.4) is 0 Å². The van der Waals surface area contributed by atoms with Gasteiger partial charge in [-0.1, -0.05) is 12.1 Å². The predicted molar refractivity (Wildman–Crippen MR) is 87.1 cm³/mol. The zero-order valence-electron chi connectivity index (χ0n) is 14.0. The van der Waals surface area contributed by atoms with Crippen LogP contribution in [0, 0.1) is 0 Å². The van der Waals surface area contributed by atoms with Crippen LogP contribution in [-0.2, 0) is 4.74 Å². The second-order valence-electron chi connectivity index (χ2n) is 6.96. The van der Waals surface area contributed by atoms with Crippen LogP contribution in [0.5, 0.6) is 5.75 Å². The fraction of sp³-hybridized carbons (Fsp3) is 0.611. The molecule has 1 aliphatic carbocycles. The summed E-state index contributed by atoms with van der Waals surface area (Å²) in [5, 5.41) is 2.86. The van der Waals surface area contributed by atoms with Gasteiger partial charge in [0.15, 0.2) is 0 Å². The number of carbonyl (C=O) groups excluding carboxylic acids is 1. The van der Waals surface area contributed by atoms with E-state index in [4.69, 9.17) is 9.47 Å². The van der Waals surface area contributed by atoms with Crippen molar-refractivity contribution in [3.8, 4) is 5.75 Å². The van der Waals surface area contributed by atoms with Gasteiger partial charge in [0.05, 0.1) is 12.1 Å². The van der Waals surface area contributed by atoms with Crippen molar-refractivity contribution in [3.63, 3.8) is 0 Å². The molecule has 4 nitrogen and oxygen atoms in total. The molecule has 1 amide bonds. The van der Waals surface area contributed by atoms with Gasteiger partial charge in [0.1, 0.15) is 11.4 Å². The third-order valence-electron chi connectivity index (χ3n) is 3.70. The number of benzene rings is 1. The van der Waals surface area contributed by atoms with Gasteiger partial charge < -0.3 is 14.8 Å². The molecule has 0 heterocycles. The summed E-state index contributed by atoms with van der Waals surface area (Å²) in [6.07, 6.45) is 4.71. The Morgan fingerprint density at radius 2 is 1.95 bits per heavy atom. The van der Waals surface area contributed by atoms with E-state index in [1.807, 2.05) is 52.0 Å². The van der Waals surface area contributed by atoms with Crippen molar-refractivity contribution in [2.24, 2.45) is 0 Å². The summed E-state index contributed by atoms with van der Waals surface area (Å²) in [5.41, 5.74) is 0.526. The van der Waals surface area contributed by atoms with Gasteiger partial charge in [-0.2, -0.15) is 0 Å². The number of hydrogen-bond donors (Lipinski definition) is 1. The highest BCUT2D eigenvalue weighted by Crippen LogP contribution is 2.26. The molecule has 0 aromatic heterocycles. The zero-order valence-corrected chi connectivity index (χ0v) is 14.0. The lowest BCUT2D eigenvalue weighted by Gasteiger charge is -2.22. The Labute approximate surface area is 133 Å². The molecule has 1 N–H and O–H groups in total. The highest BCUT2D eigenvalue weighted by molar-refractivity contribution is 5.68.